The highest BCUT2D eigenvalue weighted by molar-refractivity contribution is 7.90. The molecule has 3 aromatic carbocycles. The van der Waals surface area contributed by atoms with Crippen LogP contribution in [-0.4, -0.2) is 144 Å². The second kappa shape index (κ2) is 22.8. The average Bonchev–Trinajstić information content (AvgIpc) is 1.08. The molecule has 2 saturated carbocycles. The van der Waals surface area contributed by atoms with Crippen molar-refractivity contribution in [3.8, 4) is 23.3 Å². The van der Waals surface area contributed by atoms with Crippen LogP contribution >= 0.6 is 0 Å². The van der Waals surface area contributed by atoms with E-state index in [9.17, 15) is 28.4 Å². The Morgan fingerprint density at radius 2 is 1.74 bits per heavy atom. The third-order valence-corrected chi connectivity index (χ3v) is 20.3. The number of rotatable bonds is 15. The van der Waals surface area contributed by atoms with Crippen LogP contribution in [0.1, 0.15) is 120 Å². The minimum Gasteiger partial charge on any atom is -0.491 e. The van der Waals surface area contributed by atoms with Gasteiger partial charge in [0, 0.05) is 99.1 Å². The summed E-state index contributed by atoms with van der Waals surface area (Å²) in [4.78, 5) is 48.6. The van der Waals surface area contributed by atoms with Gasteiger partial charge >= 0.3 is 0 Å². The normalized spacial score (nSPS) is 24.8. The number of nitro groups is 1. The summed E-state index contributed by atoms with van der Waals surface area (Å²) in [6, 6.07) is 23.8. The summed E-state index contributed by atoms with van der Waals surface area (Å²) < 4.78 is 62.5. The number of hydrogen-bond donors (Lipinski definition) is 4. The molecular weight excluding hydrogens is 1120 g/mol. The molecule has 2 aliphatic carbocycles. The standard InChI is InChI=1S/C64H78N10O11S/c1-40(2)83-55-9-7-6-8-47(55)54-37-70(36-43-17-24-66-61-57(43)82-39-62(3,4)85-61)27-28-72(54)45-33-64(34-45)21-25-71(26-22-64)44-10-12-48(51(31-44)73-50-18-29-81-38-56(50)84-60-53(73)30-42-16-23-65-58(42)68-60)59(75)69-86(79,80)46-11-13-49(52(32-46)74(77)78)67-35-41-14-19-63(5,76)20-15-41/h6-13,16-17,23-24,30-32,40-41,45,50,54,56,67,76H,14-15,18-22,25-29,33-39H2,1-5H3,(H,65,68)(H,69,75)/t41?,50-,54+,56-,63?/m0/s1. The topological polar surface area (TPSA) is 239 Å². The van der Waals surface area contributed by atoms with Crippen LogP contribution < -0.4 is 38.8 Å². The van der Waals surface area contributed by atoms with Gasteiger partial charge in [0.2, 0.25) is 5.88 Å². The second-order valence-corrected chi connectivity index (χ2v) is 27.8. The number of ether oxygens (including phenoxy) is 5. The maximum Gasteiger partial charge on any atom is 0.293 e. The van der Waals surface area contributed by atoms with Crippen molar-refractivity contribution >= 4 is 55.4 Å². The molecule has 8 heterocycles. The fourth-order valence-electron chi connectivity index (χ4n) is 14.3. The van der Waals surface area contributed by atoms with Gasteiger partial charge in [-0.1, -0.05) is 18.2 Å². The van der Waals surface area contributed by atoms with E-state index in [1.165, 1.54) is 17.7 Å². The van der Waals surface area contributed by atoms with Crippen molar-refractivity contribution in [3.05, 3.63) is 118 Å². The molecule has 1 spiro atoms. The monoisotopic (exact) mass is 1190 g/mol. The Balaban J connectivity index is 0.753. The molecule has 4 N–H and O–H groups in total. The van der Waals surface area contributed by atoms with E-state index in [0.29, 0.717) is 80.4 Å². The third-order valence-electron chi connectivity index (χ3n) is 19.0. The second-order valence-electron chi connectivity index (χ2n) is 26.1. The smallest absolute Gasteiger partial charge is 0.293 e. The van der Waals surface area contributed by atoms with Crippen molar-refractivity contribution in [1.29, 1.82) is 0 Å². The maximum atomic E-state index is 14.9. The van der Waals surface area contributed by atoms with E-state index >= 15 is 0 Å². The number of H-pyrrole nitrogens is 1. The number of anilines is 4. The molecule has 22 heteroatoms. The summed E-state index contributed by atoms with van der Waals surface area (Å²) in [6.45, 7) is 16.5. The predicted molar refractivity (Wildman–Crippen MR) is 325 cm³/mol. The molecule has 6 aromatic rings. The van der Waals surface area contributed by atoms with Gasteiger partial charge in [-0.25, -0.2) is 18.1 Å². The molecule has 5 aliphatic heterocycles. The van der Waals surface area contributed by atoms with Gasteiger partial charge in [0.25, 0.3) is 27.5 Å². The molecule has 13 rings (SSSR count). The lowest BCUT2D eigenvalue weighted by molar-refractivity contribution is -0.384. The molecule has 3 saturated heterocycles. The number of nitro benzene ring substituents is 1. The van der Waals surface area contributed by atoms with Crippen LogP contribution in [0, 0.1) is 21.4 Å². The molecule has 3 aromatic heterocycles. The summed E-state index contributed by atoms with van der Waals surface area (Å²) in [5.41, 5.74) is 3.71. The van der Waals surface area contributed by atoms with Crippen molar-refractivity contribution in [1.82, 2.24) is 29.5 Å². The number of amides is 1. The van der Waals surface area contributed by atoms with Crippen LogP contribution in [0.3, 0.4) is 0 Å². The Morgan fingerprint density at radius 1 is 0.942 bits per heavy atom. The van der Waals surface area contributed by atoms with Crippen LogP contribution in [-0.2, 0) is 21.3 Å². The van der Waals surface area contributed by atoms with Gasteiger partial charge in [0.1, 0.15) is 41.1 Å². The minimum absolute atomic E-state index is 0.0200. The predicted octanol–water partition coefficient (Wildman–Crippen LogP) is 9.67. The number of aliphatic hydroxyl groups is 1. The lowest BCUT2D eigenvalue weighted by Gasteiger charge is -2.58. The average molecular weight is 1200 g/mol. The number of fused-ring (bicyclic) bond motifs is 4. The number of hydrogen-bond acceptors (Lipinski definition) is 18. The zero-order valence-corrected chi connectivity index (χ0v) is 50.4. The van der Waals surface area contributed by atoms with Gasteiger partial charge in [0.15, 0.2) is 5.75 Å². The highest BCUT2D eigenvalue weighted by Crippen LogP contribution is 2.54. The number of piperazine rings is 1. The van der Waals surface area contributed by atoms with E-state index in [2.05, 4.69) is 77.7 Å². The van der Waals surface area contributed by atoms with Gasteiger partial charge in [0.05, 0.1) is 51.5 Å². The maximum absolute atomic E-state index is 14.9. The van der Waals surface area contributed by atoms with Gasteiger partial charge in [-0.15, -0.1) is 0 Å². The minimum atomic E-state index is -4.66. The Labute approximate surface area is 501 Å². The number of benzene rings is 3. The zero-order chi connectivity index (χ0) is 59.7. The van der Waals surface area contributed by atoms with Gasteiger partial charge in [-0.3, -0.25) is 24.7 Å². The van der Waals surface area contributed by atoms with E-state index in [4.69, 9.17) is 28.7 Å². The van der Waals surface area contributed by atoms with E-state index < -0.39 is 48.7 Å². The van der Waals surface area contributed by atoms with Crippen molar-refractivity contribution in [2.45, 2.75) is 145 Å². The molecule has 21 nitrogen and oxygen atoms in total. The Morgan fingerprint density at radius 3 is 2.53 bits per heavy atom. The SMILES string of the molecule is CC(C)Oc1ccccc1[C@H]1CN(Cc2ccnc3c2OCC(C)(C)O3)CCN1C1CC2(CCN(c3ccc(C(=O)NS(=O)(=O)c4ccc(NCC5CCC(C)(O)CC5)c([N+](=O)[O-])c4)c(N4c5cc6cc[nH]c6nc5O[C@H]5COCC[C@@H]54)c3)CC2)C1. The Hall–Kier alpha value is -7.24. The van der Waals surface area contributed by atoms with Crippen molar-refractivity contribution in [3.63, 3.8) is 0 Å². The van der Waals surface area contributed by atoms with Gasteiger partial charge in [-0.2, -0.15) is 4.98 Å². The van der Waals surface area contributed by atoms with E-state index in [0.717, 1.165) is 105 Å². The zero-order valence-electron chi connectivity index (χ0n) is 49.6. The van der Waals surface area contributed by atoms with Crippen LogP contribution in [0.25, 0.3) is 11.0 Å². The van der Waals surface area contributed by atoms with Crippen LogP contribution in [0.15, 0.2) is 96.2 Å². The number of piperidine rings is 1. The number of aromatic amines is 1. The van der Waals surface area contributed by atoms with Gasteiger partial charge < -0.3 is 48.9 Å². The summed E-state index contributed by atoms with van der Waals surface area (Å²) in [7, 11) is -4.66. The van der Waals surface area contributed by atoms with Crippen molar-refractivity contribution in [2.24, 2.45) is 11.3 Å². The molecule has 5 fully saturated rings. The van der Waals surface area contributed by atoms with Crippen molar-refractivity contribution in [2.75, 3.05) is 74.2 Å². The van der Waals surface area contributed by atoms with Gasteiger partial charge in [-0.05, 0) is 158 Å². The molecule has 1 amide bonds. The van der Waals surface area contributed by atoms with E-state index in [1.54, 1.807) is 12.3 Å². The molecule has 7 aliphatic rings. The molecule has 86 heavy (non-hydrogen) atoms. The summed E-state index contributed by atoms with van der Waals surface area (Å²) in [5, 5.41) is 26.9. The molecule has 0 radical (unpaired) electrons. The molecular formula is C64H78N10O11S. The lowest BCUT2D eigenvalue weighted by atomic mass is 9.59. The Kier molecular flexibility index (Phi) is 15.3. The highest BCUT2D eigenvalue weighted by atomic mass is 32.2. The van der Waals surface area contributed by atoms with Crippen LogP contribution in [0.5, 0.6) is 23.3 Å². The third kappa shape index (κ3) is 11.6. The number of pyridine rings is 2. The number of nitrogens with one attached hydrogen (secondary N) is 3. The molecule has 3 atom stereocenters. The first-order chi connectivity index (χ1) is 41.3. The van der Waals surface area contributed by atoms with E-state index in [-0.39, 0.29) is 47.4 Å². The van der Waals surface area contributed by atoms with Crippen LogP contribution in [0.4, 0.5) is 28.4 Å². The quantitative estimate of drug-likeness (QED) is 0.0553. The summed E-state index contributed by atoms with van der Waals surface area (Å²) in [6.07, 6.45) is 10.6. The summed E-state index contributed by atoms with van der Waals surface area (Å²) >= 11 is 0. The van der Waals surface area contributed by atoms with Crippen molar-refractivity contribution < 1.29 is 46.9 Å². The molecule has 0 unspecified atom stereocenters. The number of nitrogens with zero attached hydrogens (tertiary/aromatic N) is 7. The summed E-state index contributed by atoms with van der Waals surface area (Å²) in [5.74, 6) is 1.84. The number of aromatic nitrogens is 3. The Bertz CT molecular complexity index is 3640. The number of carbonyl (C=O) groups excluding carboxylic acids is 1. The highest BCUT2D eigenvalue weighted by Gasteiger charge is 2.51. The lowest BCUT2D eigenvalue weighted by Crippen LogP contribution is -2.59. The number of carbonyl (C=O) groups is 1. The van der Waals surface area contributed by atoms with Crippen LogP contribution in [0.2, 0.25) is 0 Å². The first-order valence-electron chi connectivity index (χ1n) is 30.5. The number of para-hydroxylation sites is 1. The molecule has 456 valence electrons. The fourth-order valence-corrected chi connectivity index (χ4v) is 15.3. The number of sulfonamides is 1. The fraction of sp³-hybridized carbons (Fsp3) is 0.516. The molecule has 0 bridgehead atoms. The largest absolute Gasteiger partial charge is 0.491 e. The first-order valence-corrected chi connectivity index (χ1v) is 32.0. The first kappa shape index (κ1) is 57.8. The van der Waals surface area contributed by atoms with E-state index in [1.807, 2.05) is 57.3 Å².